The number of para-hydroxylation sites is 2. The average molecular weight is 406 g/mol. The average Bonchev–Trinajstić information content (AvgIpc) is 3.47. The van der Waals surface area contributed by atoms with Crippen LogP contribution in [0.3, 0.4) is 0 Å². The van der Waals surface area contributed by atoms with Crippen molar-refractivity contribution in [3.63, 3.8) is 0 Å². The zero-order valence-electron chi connectivity index (χ0n) is 17.0. The lowest BCUT2D eigenvalue weighted by molar-refractivity contribution is -0.105. The van der Waals surface area contributed by atoms with Gasteiger partial charge in [0.1, 0.15) is 17.8 Å². The normalized spacial score (nSPS) is 16.4. The number of rotatable bonds is 4. The topological polar surface area (TPSA) is 98.9 Å². The van der Waals surface area contributed by atoms with Crippen LogP contribution in [0.25, 0.3) is 22.6 Å². The molecular weight excluding hydrogens is 380 g/mol. The van der Waals surface area contributed by atoms with E-state index in [9.17, 15) is 4.79 Å². The molecule has 8 heteroatoms. The second-order valence-electron chi connectivity index (χ2n) is 7.14. The lowest BCUT2D eigenvalue weighted by Gasteiger charge is -2.32. The van der Waals surface area contributed by atoms with Gasteiger partial charge in [0.2, 0.25) is 0 Å². The van der Waals surface area contributed by atoms with E-state index in [0.717, 1.165) is 79.4 Å². The van der Waals surface area contributed by atoms with E-state index >= 15 is 0 Å². The number of aromatic nitrogens is 4. The number of hydrogen-bond acceptors (Lipinski definition) is 6. The molecule has 1 fully saturated rings. The molecule has 0 unspecified atom stereocenters. The van der Waals surface area contributed by atoms with Crippen LogP contribution in [0.2, 0.25) is 0 Å². The molecule has 8 nitrogen and oxygen atoms in total. The third-order valence-electron chi connectivity index (χ3n) is 5.21. The van der Waals surface area contributed by atoms with Crippen molar-refractivity contribution in [2.24, 2.45) is 0 Å². The Labute approximate surface area is 175 Å². The van der Waals surface area contributed by atoms with E-state index in [0.29, 0.717) is 0 Å². The Bertz CT molecular complexity index is 1030. The van der Waals surface area contributed by atoms with E-state index < -0.39 is 0 Å². The highest BCUT2D eigenvalue weighted by Crippen LogP contribution is 2.21. The molecule has 3 heterocycles. The Morgan fingerprint density at radius 1 is 1.17 bits per heavy atom. The van der Waals surface area contributed by atoms with Crippen molar-refractivity contribution < 1.29 is 9.53 Å². The highest BCUT2D eigenvalue weighted by molar-refractivity contribution is 5.78. The maximum absolute atomic E-state index is 10.5. The molecule has 0 saturated carbocycles. The molecule has 2 aromatic heterocycles. The Balaban J connectivity index is 0.000000147. The number of hydrogen-bond donors (Lipinski definition) is 3. The van der Waals surface area contributed by atoms with Crippen LogP contribution in [0.4, 0.5) is 5.82 Å². The van der Waals surface area contributed by atoms with Gasteiger partial charge >= 0.3 is 0 Å². The number of aromatic amines is 2. The minimum atomic E-state index is 0.801. The first-order chi connectivity index (χ1) is 14.8. The molecular formula is C22H26N6O2. The minimum absolute atomic E-state index is 0.801. The van der Waals surface area contributed by atoms with Gasteiger partial charge in [-0.25, -0.2) is 4.98 Å². The summed E-state index contributed by atoms with van der Waals surface area (Å²) in [5, 5.41) is 9.98. The highest BCUT2D eigenvalue weighted by atomic mass is 16.5. The fourth-order valence-corrected chi connectivity index (χ4v) is 3.51. The predicted molar refractivity (Wildman–Crippen MR) is 117 cm³/mol. The summed E-state index contributed by atoms with van der Waals surface area (Å²) in [5.74, 6) is 1.60. The SMILES string of the molecule is CNc1cc(-c2nc3ccccc3[nH]2)[nH]n1.O=CC1=CC=C(N2CCOCC2)CC1. The lowest BCUT2D eigenvalue weighted by atomic mass is 10.0. The maximum Gasteiger partial charge on any atom is 0.156 e. The van der Waals surface area contributed by atoms with E-state index in [1.54, 1.807) is 0 Å². The van der Waals surface area contributed by atoms with Gasteiger partial charge in [-0.15, -0.1) is 0 Å². The predicted octanol–water partition coefficient (Wildman–Crippen LogP) is 3.12. The van der Waals surface area contributed by atoms with Gasteiger partial charge in [0.25, 0.3) is 0 Å². The molecule has 1 aliphatic carbocycles. The van der Waals surface area contributed by atoms with E-state index in [4.69, 9.17) is 4.74 Å². The zero-order chi connectivity index (χ0) is 20.8. The first kappa shape index (κ1) is 19.9. The van der Waals surface area contributed by atoms with Crippen molar-refractivity contribution in [1.29, 1.82) is 0 Å². The molecule has 3 N–H and O–H groups in total. The number of imidazole rings is 1. The van der Waals surface area contributed by atoms with Crippen LogP contribution in [0.5, 0.6) is 0 Å². The number of H-pyrrole nitrogens is 2. The van der Waals surface area contributed by atoms with Gasteiger partial charge in [0.15, 0.2) is 5.82 Å². The van der Waals surface area contributed by atoms with Crippen LogP contribution in [0, 0.1) is 0 Å². The molecule has 0 amide bonds. The van der Waals surface area contributed by atoms with Crippen LogP contribution in [0.15, 0.2) is 53.8 Å². The van der Waals surface area contributed by atoms with Crippen molar-refractivity contribution in [2.45, 2.75) is 12.8 Å². The molecule has 156 valence electrons. The Hall–Kier alpha value is -3.39. The van der Waals surface area contributed by atoms with Crippen LogP contribution >= 0.6 is 0 Å². The third kappa shape index (κ3) is 4.60. The summed E-state index contributed by atoms with van der Waals surface area (Å²) in [4.78, 5) is 20.6. The fraction of sp³-hybridized carbons (Fsp3) is 0.318. The zero-order valence-corrected chi connectivity index (χ0v) is 17.0. The first-order valence-corrected chi connectivity index (χ1v) is 10.1. The number of allylic oxidation sites excluding steroid dienone is 4. The van der Waals surface area contributed by atoms with Gasteiger partial charge in [0.05, 0.1) is 24.2 Å². The van der Waals surface area contributed by atoms with Crippen LogP contribution < -0.4 is 5.32 Å². The summed E-state index contributed by atoms with van der Waals surface area (Å²) in [5.41, 5.74) is 5.11. The number of fused-ring (bicyclic) bond motifs is 1. The van der Waals surface area contributed by atoms with Gasteiger partial charge in [-0.3, -0.25) is 9.89 Å². The quantitative estimate of drug-likeness (QED) is 0.576. The van der Waals surface area contributed by atoms with Gasteiger partial charge in [-0.05, 0) is 36.6 Å². The fourth-order valence-electron chi connectivity index (χ4n) is 3.51. The summed E-state index contributed by atoms with van der Waals surface area (Å²) in [6, 6.07) is 9.85. The number of carbonyl (C=O) groups excluding carboxylic acids is 1. The van der Waals surface area contributed by atoms with Gasteiger partial charge < -0.3 is 19.9 Å². The molecule has 0 spiro atoms. The summed E-state index contributed by atoms with van der Waals surface area (Å²) in [6.45, 7) is 3.61. The smallest absolute Gasteiger partial charge is 0.156 e. The van der Waals surface area contributed by atoms with Crippen molar-refractivity contribution in [3.05, 3.63) is 53.8 Å². The number of nitrogens with one attached hydrogen (secondary N) is 3. The molecule has 0 radical (unpaired) electrons. The highest BCUT2D eigenvalue weighted by Gasteiger charge is 2.15. The van der Waals surface area contributed by atoms with Gasteiger partial charge in [0, 0.05) is 31.9 Å². The van der Waals surface area contributed by atoms with Crippen LogP contribution in [0.1, 0.15) is 12.8 Å². The molecule has 0 atom stereocenters. The molecule has 3 aromatic rings. The standard InChI is InChI=1S/C11H11N5.C11H15NO2/c1-12-10-6-9(15-16-10)11-13-7-4-2-3-5-8(7)14-11;13-9-10-1-3-11(4-2-10)12-5-7-14-8-6-12/h2-6H,1H3,(H,13,14)(H2,12,15,16);1,3,9H,2,4-8H2. The minimum Gasteiger partial charge on any atom is -0.378 e. The largest absolute Gasteiger partial charge is 0.378 e. The lowest BCUT2D eigenvalue weighted by Crippen LogP contribution is -2.35. The van der Waals surface area contributed by atoms with Gasteiger partial charge in [-0.1, -0.05) is 18.2 Å². The number of carbonyl (C=O) groups is 1. The number of ether oxygens (including phenoxy) is 1. The molecule has 2 aliphatic rings. The number of aldehydes is 1. The summed E-state index contributed by atoms with van der Waals surface area (Å²) < 4.78 is 5.29. The molecule has 0 bridgehead atoms. The summed E-state index contributed by atoms with van der Waals surface area (Å²) >= 11 is 0. The molecule has 1 saturated heterocycles. The maximum atomic E-state index is 10.5. The van der Waals surface area contributed by atoms with Crippen molar-refractivity contribution in [2.75, 3.05) is 38.7 Å². The van der Waals surface area contributed by atoms with Crippen molar-refractivity contribution in [3.8, 4) is 11.5 Å². The number of nitrogens with zero attached hydrogens (tertiary/aromatic N) is 3. The number of benzene rings is 1. The molecule has 1 aliphatic heterocycles. The second kappa shape index (κ2) is 9.41. The Morgan fingerprint density at radius 3 is 2.67 bits per heavy atom. The molecule has 1 aromatic carbocycles. The van der Waals surface area contributed by atoms with E-state index in [2.05, 4.69) is 36.5 Å². The third-order valence-corrected chi connectivity index (χ3v) is 5.21. The van der Waals surface area contributed by atoms with Gasteiger partial charge in [-0.2, -0.15) is 5.10 Å². The van der Waals surface area contributed by atoms with Crippen molar-refractivity contribution >= 4 is 23.1 Å². The van der Waals surface area contributed by atoms with Crippen LogP contribution in [-0.2, 0) is 9.53 Å². The van der Waals surface area contributed by atoms with Crippen LogP contribution in [-0.4, -0.2) is 64.7 Å². The van der Waals surface area contributed by atoms with E-state index in [1.807, 2.05) is 43.5 Å². The van der Waals surface area contributed by atoms with E-state index in [-0.39, 0.29) is 0 Å². The second-order valence-corrected chi connectivity index (χ2v) is 7.14. The first-order valence-electron chi connectivity index (χ1n) is 10.1. The van der Waals surface area contributed by atoms with Crippen molar-refractivity contribution in [1.82, 2.24) is 25.1 Å². The Morgan fingerprint density at radius 2 is 2.00 bits per heavy atom. The number of anilines is 1. The Kier molecular flexibility index (Phi) is 6.24. The summed E-state index contributed by atoms with van der Waals surface area (Å²) in [7, 11) is 1.83. The summed E-state index contributed by atoms with van der Waals surface area (Å²) in [6.07, 6.45) is 6.82. The molecule has 30 heavy (non-hydrogen) atoms. The molecule has 5 rings (SSSR count). The number of morpholine rings is 1. The monoisotopic (exact) mass is 406 g/mol. The van der Waals surface area contributed by atoms with E-state index in [1.165, 1.54) is 5.70 Å².